The lowest BCUT2D eigenvalue weighted by Gasteiger charge is -2.20. The van der Waals surface area contributed by atoms with E-state index < -0.39 is 17.2 Å². The number of nitrogen functional groups attached to an aromatic ring is 1. The minimum atomic E-state index is -0.770. The van der Waals surface area contributed by atoms with Crippen molar-refractivity contribution >= 4 is 29.0 Å². The van der Waals surface area contributed by atoms with Crippen LogP contribution in [0.2, 0.25) is 5.15 Å². The lowest BCUT2D eigenvalue weighted by atomic mass is 10.1. The second-order valence-corrected chi connectivity index (χ2v) is 8.68. The topological polar surface area (TPSA) is 119 Å². The molecule has 4 rings (SSSR count). The standard InChI is InChI=1S/C25H25ClN6O3/c1-15-9-11-18(12-10-15)14-32-21(26)19(16(2)29-32)24(34)30(3)20-22(27)31(25(35)28-23(20)33)13-17-7-5-4-6-8-17/h4-12H,13-14,27H2,1-3H3,(H,28,33,35). The monoisotopic (exact) mass is 492 g/mol. The van der Waals surface area contributed by atoms with Crippen LogP contribution in [0.25, 0.3) is 0 Å². The highest BCUT2D eigenvalue weighted by atomic mass is 35.5. The number of carbonyl (C=O) groups excluding carboxylic acids is 1. The molecule has 0 spiro atoms. The number of carbonyl (C=O) groups is 1. The predicted molar refractivity (Wildman–Crippen MR) is 136 cm³/mol. The Balaban J connectivity index is 1.69. The van der Waals surface area contributed by atoms with Gasteiger partial charge in [0.25, 0.3) is 11.5 Å². The average Bonchev–Trinajstić information content (AvgIpc) is 3.10. The van der Waals surface area contributed by atoms with E-state index in [0.717, 1.165) is 21.6 Å². The normalized spacial score (nSPS) is 11.0. The molecule has 2 aromatic heterocycles. The third-order valence-corrected chi connectivity index (χ3v) is 6.15. The molecule has 0 aliphatic carbocycles. The summed E-state index contributed by atoms with van der Waals surface area (Å²) in [6.07, 6.45) is 0. The van der Waals surface area contributed by atoms with Crippen LogP contribution in [0.15, 0.2) is 64.2 Å². The van der Waals surface area contributed by atoms with Crippen molar-refractivity contribution in [3.05, 3.63) is 109 Å². The van der Waals surface area contributed by atoms with Crippen molar-refractivity contribution in [2.75, 3.05) is 17.7 Å². The maximum absolute atomic E-state index is 13.4. The lowest BCUT2D eigenvalue weighted by molar-refractivity contribution is 0.0992. The van der Waals surface area contributed by atoms with Gasteiger partial charge in [0.1, 0.15) is 11.0 Å². The van der Waals surface area contributed by atoms with Gasteiger partial charge in [-0.25, -0.2) is 9.48 Å². The number of benzene rings is 2. The summed E-state index contributed by atoms with van der Waals surface area (Å²) in [5.41, 5.74) is 8.13. The molecule has 9 nitrogen and oxygen atoms in total. The van der Waals surface area contributed by atoms with Crippen molar-refractivity contribution < 1.29 is 4.79 Å². The van der Waals surface area contributed by atoms with Crippen LogP contribution in [0, 0.1) is 13.8 Å². The number of aromatic nitrogens is 4. The first-order valence-electron chi connectivity index (χ1n) is 10.9. The highest BCUT2D eigenvalue weighted by Crippen LogP contribution is 2.25. The van der Waals surface area contributed by atoms with Gasteiger partial charge in [0.05, 0.1) is 24.3 Å². The molecule has 2 aromatic carbocycles. The van der Waals surface area contributed by atoms with Gasteiger partial charge in [-0.1, -0.05) is 71.8 Å². The number of H-pyrrole nitrogens is 1. The van der Waals surface area contributed by atoms with Gasteiger partial charge >= 0.3 is 5.69 Å². The molecular weight excluding hydrogens is 468 g/mol. The molecule has 0 saturated heterocycles. The van der Waals surface area contributed by atoms with E-state index >= 15 is 0 Å². The molecule has 0 unspecified atom stereocenters. The zero-order chi connectivity index (χ0) is 25.3. The van der Waals surface area contributed by atoms with Crippen molar-refractivity contribution in [2.24, 2.45) is 0 Å². The number of amides is 1. The van der Waals surface area contributed by atoms with Crippen LogP contribution in [0.3, 0.4) is 0 Å². The first kappa shape index (κ1) is 24.0. The highest BCUT2D eigenvalue weighted by molar-refractivity contribution is 6.33. The number of nitrogens with one attached hydrogen (secondary N) is 1. The Bertz CT molecular complexity index is 1500. The zero-order valence-electron chi connectivity index (χ0n) is 19.6. The first-order chi connectivity index (χ1) is 16.7. The largest absolute Gasteiger partial charge is 0.383 e. The van der Waals surface area contributed by atoms with Gasteiger partial charge in [-0.15, -0.1) is 0 Å². The van der Waals surface area contributed by atoms with Crippen LogP contribution in [0.5, 0.6) is 0 Å². The summed E-state index contributed by atoms with van der Waals surface area (Å²) in [6, 6.07) is 17.1. The van der Waals surface area contributed by atoms with Crippen LogP contribution in [0.4, 0.5) is 11.5 Å². The predicted octanol–water partition coefficient (Wildman–Crippen LogP) is 2.96. The fourth-order valence-electron chi connectivity index (χ4n) is 3.86. The van der Waals surface area contributed by atoms with Gasteiger partial charge in [0.15, 0.2) is 5.69 Å². The van der Waals surface area contributed by atoms with Crippen molar-refractivity contribution in [3.8, 4) is 0 Å². The molecule has 2 heterocycles. The van der Waals surface area contributed by atoms with E-state index in [1.54, 1.807) is 6.92 Å². The van der Waals surface area contributed by atoms with E-state index in [0.29, 0.717) is 12.2 Å². The molecule has 0 aliphatic rings. The zero-order valence-corrected chi connectivity index (χ0v) is 20.3. The van der Waals surface area contributed by atoms with Gasteiger partial charge < -0.3 is 10.6 Å². The molecular formula is C25H25ClN6O3. The molecule has 0 aliphatic heterocycles. The quantitative estimate of drug-likeness (QED) is 0.429. The van der Waals surface area contributed by atoms with E-state index in [2.05, 4.69) is 10.1 Å². The molecule has 4 aromatic rings. The lowest BCUT2D eigenvalue weighted by Crippen LogP contribution is -2.39. The maximum atomic E-state index is 13.4. The summed E-state index contributed by atoms with van der Waals surface area (Å²) >= 11 is 6.56. The van der Waals surface area contributed by atoms with E-state index in [9.17, 15) is 14.4 Å². The molecule has 0 radical (unpaired) electrons. The summed E-state index contributed by atoms with van der Waals surface area (Å²) < 4.78 is 2.75. The molecule has 35 heavy (non-hydrogen) atoms. The molecule has 180 valence electrons. The Morgan fingerprint density at radius 3 is 2.31 bits per heavy atom. The summed E-state index contributed by atoms with van der Waals surface area (Å²) in [7, 11) is 1.41. The maximum Gasteiger partial charge on any atom is 0.330 e. The molecule has 0 atom stereocenters. The summed E-state index contributed by atoms with van der Waals surface area (Å²) in [4.78, 5) is 42.0. The fourth-order valence-corrected chi connectivity index (χ4v) is 4.18. The van der Waals surface area contributed by atoms with Crippen molar-refractivity contribution in [2.45, 2.75) is 26.9 Å². The average molecular weight is 493 g/mol. The van der Waals surface area contributed by atoms with Gasteiger partial charge in [-0.2, -0.15) is 5.10 Å². The molecule has 1 amide bonds. The fraction of sp³-hybridized carbons (Fsp3) is 0.200. The summed E-state index contributed by atoms with van der Waals surface area (Å²) in [5.74, 6) is -0.691. The number of hydrogen-bond acceptors (Lipinski definition) is 5. The van der Waals surface area contributed by atoms with E-state index in [4.69, 9.17) is 17.3 Å². The van der Waals surface area contributed by atoms with Crippen LogP contribution in [0.1, 0.15) is 32.7 Å². The highest BCUT2D eigenvalue weighted by Gasteiger charge is 2.28. The number of nitrogens with zero attached hydrogens (tertiary/aromatic N) is 4. The van der Waals surface area contributed by atoms with Crippen LogP contribution in [-0.2, 0) is 13.1 Å². The van der Waals surface area contributed by atoms with Crippen molar-refractivity contribution in [1.82, 2.24) is 19.3 Å². The molecule has 3 N–H and O–H groups in total. The van der Waals surface area contributed by atoms with Crippen molar-refractivity contribution in [1.29, 1.82) is 0 Å². The SMILES string of the molecule is Cc1ccc(Cn2nc(C)c(C(=O)N(C)c3c(N)n(Cc4ccccc4)c(=O)[nH]c3=O)c2Cl)cc1. The minimum absolute atomic E-state index is 0.126. The van der Waals surface area contributed by atoms with E-state index in [-0.39, 0.29) is 28.8 Å². The van der Waals surface area contributed by atoms with Gasteiger partial charge in [-0.05, 0) is 25.0 Å². The Morgan fingerprint density at radius 1 is 1.03 bits per heavy atom. The van der Waals surface area contributed by atoms with Gasteiger partial charge in [0.2, 0.25) is 0 Å². The molecule has 0 saturated carbocycles. The second-order valence-electron chi connectivity index (χ2n) is 8.32. The number of hydrogen-bond donors (Lipinski definition) is 2. The van der Waals surface area contributed by atoms with Crippen LogP contribution >= 0.6 is 11.6 Å². The second kappa shape index (κ2) is 9.63. The third kappa shape index (κ3) is 4.76. The summed E-state index contributed by atoms with van der Waals surface area (Å²) in [6.45, 7) is 4.17. The number of nitrogens with two attached hydrogens (primary N) is 1. The van der Waals surface area contributed by atoms with Crippen LogP contribution in [-0.4, -0.2) is 32.3 Å². The van der Waals surface area contributed by atoms with Gasteiger partial charge in [0, 0.05) is 7.05 Å². The molecule has 0 bridgehead atoms. The first-order valence-corrected chi connectivity index (χ1v) is 11.3. The summed E-state index contributed by atoms with van der Waals surface area (Å²) in [5, 5.41) is 4.57. The smallest absolute Gasteiger partial charge is 0.330 e. The molecule has 0 fully saturated rings. The third-order valence-electron chi connectivity index (χ3n) is 5.77. The number of halogens is 1. The Kier molecular flexibility index (Phi) is 6.61. The Labute approximate surface area is 206 Å². The van der Waals surface area contributed by atoms with E-state index in [1.165, 1.54) is 16.3 Å². The minimum Gasteiger partial charge on any atom is -0.383 e. The Hall–Kier alpha value is -4.11. The van der Waals surface area contributed by atoms with Crippen molar-refractivity contribution in [3.63, 3.8) is 0 Å². The molecule has 10 heteroatoms. The number of rotatable bonds is 6. The van der Waals surface area contributed by atoms with E-state index in [1.807, 2.05) is 61.5 Å². The number of aryl methyl sites for hydroxylation is 2. The number of aromatic amines is 1. The Morgan fingerprint density at radius 2 is 1.66 bits per heavy atom. The van der Waals surface area contributed by atoms with Crippen LogP contribution < -0.4 is 21.9 Å². The van der Waals surface area contributed by atoms with Gasteiger partial charge in [-0.3, -0.25) is 19.1 Å². The number of anilines is 2.